The molecule has 2 heterocycles. The van der Waals surface area contributed by atoms with Crippen molar-refractivity contribution in [3.05, 3.63) is 114 Å². The molecule has 6 nitrogen and oxygen atoms in total. The molecule has 31 heavy (non-hydrogen) atoms. The van der Waals surface area contributed by atoms with Crippen LogP contribution in [0.15, 0.2) is 79.5 Å². The highest BCUT2D eigenvalue weighted by Gasteiger charge is 2.15. The van der Waals surface area contributed by atoms with Gasteiger partial charge in [0.25, 0.3) is 5.56 Å². The van der Waals surface area contributed by atoms with Crippen LogP contribution in [0, 0.1) is 13.8 Å². The number of rotatable bonds is 4. The van der Waals surface area contributed by atoms with Gasteiger partial charge < -0.3 is 4.42 Å². The SMILES string of the molecule is CC/C=C(/c1ccc(-n2c(=O)[nH]c(=O)c3ccccc32)cc1)c1oc(C)cc(=O)c1C. The van der Waals surface area contributed by atoms with Crippen molar-refractivity contribution in [2.75, 3.05) is 0 Å². The number of aryl methyl sites for hydroxylation is 1. The fourth-order valence-corrected chi connectivity index (χ4v) is 3.71. The van der Waals surface area contributed by atoms with E-state index in [0.29, 0.717) is 33.7 Å². The molecular formula is C25H22N2O4. The number of hydrogen-bond acceptors (Lipinski definition) is 4. The second-order valence-corrected chi connectivity index (χ2v) is 7.36. The molecule has 0 aliphatic rings. The van der Waals surface area contributed by atoms with Gasteiger partial charge >= 0.3 is 5.69 Å². The van der Waals surface area contributed by atoms with Crippen molar-refractivity contribution in [2.24, 2.45) is 0 Å². The van der Waals surface area contributed by atoms with Gasteiger partial charge in [-0.05, 0) is 50.1 Å². The first-order valence-electron chi connectivity index (χ1n) is 10.1. The molecule has 0 atom stereocenters. The zero-order valence-corrected chi connectivity index (χ0v) is 17.6. The topological polar surface area (TPSA) is 85.1 Å². The van der Waals surface area contributed by atoms with Gasteiger partial charge in [-0.25, -0.2) is 4.79 Å². The van der Waals surface area contributed by atoms with Crippen molar-refractivity contribution >= 4 is 16.5 Å². The normalized spacial score (nSPS) is 11.8. The Morgan fingerprint density at radius 3 is 2.45 bits per heavy atom. The number of allylic oxidation sites excluding steroid dienone is 1. The average molecular weight is 414 g/mol. The highest BCUT2D eigenvalue weighted by molar-refractivity contribution is 5.81. The Bertz CT molecular complexity index is 1490. The number of aromatic nitrogens is 2. The second kappa shape index (κ2) is 8.07. The van der Waals surface area contributed by atoms with Crippen molar-refractivity contribution < 1.29 is 4.42 Å². The zero-order chi connectivity index (χ0) is 22.1. The molecule has 0 amide bonds. The number of fused-ring (bicyclic) bond motifs is 1. The van der Waals surface area contributed by atoms with Gasteiger partial charge in [0, 0.05) is 17.2 Å². The summed E-state index contributed by atoms with van der Waals surface area (Å²) < 4.78 is 7.37. The Labute approximate surface area is 178 Å². The van der Waals surface area contributed by atoms with E-state index in [-0.39, 0.29) is 5.43 Å². The lowest BCUT2D eigenvalue weighted by molar-refractivity contribution is 0.497. The first-order valence-corrected chi connectivity index (χ1v) is 10.1. The molecule has 156 valence electrons. The third-order valence-electron chi connectivity index (χ3n) is 5.21. The second-order valence-electron chi connectivity index (χ2n) is 7.36. The maximum absolute atomic E-state index is 12.6. The molecule has 0 fully saturated rings. The first-order chi connectivity index (χ1) is 14.9. The summed E-state index contributed by atoms with van der Waals surface area (Å²) in [6.45, 7) is 5.53. The molecule has 0 aliphatic carbocycles. The summed E-state index contributed by atoms with van der Waals surface area (Å²) in [7, 11) is 0. The summed E-state index contributed by atoms with van der Waals surface area (Å²) >= 11 is 0. The van der Waals surface area contributed by atoms with Crippen LogP contribution in [-0.4, -0.2) is 9.55 Å². The molecule has 0 radical (unpaired) electrons. The number of H-pyrrole nitrogens is 1. The maximum Gasteiger partial charge on any atom is 0.333 e. The predicted octanol–water partition coefficient (Wildman–Crippen LogP) is 4.09. The molecule has 0 bridgehead atoms. The van der Waals surface area contributed by atoms with Crippen LogP contribution in [0.1, 0.15) is 36.0 Å². The minimum absolute atomic E-state index is 0.0661. The molecule has 2 aromatic carbocycles. The number of nitrogens with zero attached hydrogens (tertiary/aromatic N) is 1. The van der Waals surface area contributed by atoms with Crippen LogP contribution in [0.25, 0.3) is 22.2 Å². The fourth-order valence-electron chi connectivity index (χ4n) is 3.71. The van der Waals surface area contributed by atoms with Crippen molar-refractivity contribution in [1.29, 1.82) is 0 Å². The van der Waals surface area contributed by atoms with Gasteiger partial charge in [-0.2, -0.15) is 0 Å². The number of benzene rings is 2. The summed E-state index contributed by atoms with van der Waals surface area (Å²) in [5.74, 6) is 1.10. The van der Waals surface area contributed by atoms with Crippen LogP contribution < -0.4 is 16.7 Å². The molecular weight excluding hydrogens is 392 g/mol. The van der Waals surface area contributed by atoms with Crippen LogP contribution in [0.3, 0.4) is 0 Å². The molecule has 0 saturated carbocycles. The quantitative estimate of drug-likeness (QED) is 0.545. The molecule has 0 aliphatic heterocycles. The van der Waals surface area contributed by atoms with Crippen LogP contribution in [0.5, 0.6) is 0 Å². The summed E-state index contributed by atoms with van der Waals surface area (Å²) in [5.41, 5.74) is 2.43. The molecule has 2 aromatic heterocycles. The monoisotopic (exact) mass is 414 g/mol. The van der Waals surface area contributed by atoms with E-state index < -0.39 is 11.2 Å². The largest absolute Gasteiger partial charge is 0.461 e. The summed E-state index contributed by atoms with van der Waals surface area (Å²) in [5, 5.41) is 0.440. The van der Waals surface area contributed by atoms with E-state index in [0.717, 1.165) is 17.6 Å². The third kappa shape index (κ3) is 3.68. The fraction of sp³-hybridized carbons (Fsp3) is 0.160. The van der Waals surface area contributed by atoms with E-state index in [1.54, 1.807) is 38.1 Å². The predicted molar refractivity (Wildman–Crippen MR) is 122 cm³/mol. The van der Waals surface area contributed by atoms with Gasteiger partial charge in [-0.1, -0.05) is 37.3 Å². The molecule has 0 spiro atoms. The lowest BCUT2D eigenvalue weighted by Gasteiger charge is -2.13. The van der Waals surface area contributed by atoms with E-state index in [9.17, 15) is 14.4 Å². The lowest BCUT2D eigenvalue weighted by Crippen LogP contribution is -2.29. The average Bonchev–Trinajstić information content (AvgIpc) is 2.75. The Hall–Kier alpha value is -3.93. The number of aromatic amines is 1. The summed E-state index contributed by atoms with van der Waals surface area (Å²) in [4.78, 5) is 39.3. The van der Waals surface area contributed by atoms with Crippen molar-refractivity contribution in [1.82, 2.24) is 9.55 Å². The van der Waals surface area contributed by atoms with Crippen LogP contribution in [0.2, 0.25) is 0 Å². The van der Waals surface area contributed by atoms with E-state index in [4.69, 9.17) is 4.42 Å². The Kier molecular flexibility index (Phi) is 5.29. The third-order valence-corrected chi connectivity index (χ3v) is 5.21. The van der Waals surface area contributed by atoms with Gasteiger partial charge in [0.2, 0.25) is 0 Å². The van der Waals surface area contributed by atoms with Crippen molar-refractivity contribution in [3.63, 3.8) is 0 Å². The molecule has 0 unspecified atom stereocenters. The van der Waals surface area contributed by atoms with Crippen LogP contribution >= 0.6 is 0 Å². The number of hydrogen-bond donors (Lipinski definition) is 1. The molecule has 4 rings (SSSR count). The minimum atomic E-state index is -0.499. The Morgan fingerprint density at radius 2 is 1.74 bits per heavy atom. The zero-order valence-electron chi connectivity index (χ0n) is 17.6. The first kappa shape index (κ1) is 20.3. The Morgan fingerprint density at radius 1 is 1.03 bits per heavy atom. The van der Waals surface area contributed by atoms with E-state index in [1.807, 2.05) is 37.3 Å². The smallest absolute Gasteiger partial charge is 0.333 e. The minimum Gasteiger partial charge on any atom is -0.461 e. The van der Waals surface area contributed by atoms with Crippen molar-refractivity contribution in [3.8, 4) is 5.69 Å². The molecule has 1 N–H and O–H groups in total. The summed E-state index contributed by atoms with van der Waals surface area (Å²) in [6, 6.07) is 15.8. The van der Waals surface area contributed by atoms with E-state index >= 15 is 0 Å². The van der Waals surface area contributed by atoms with Gasteiger partial charge in [0.1, 0.15) is 11.5 Å². The standard InChI is InChI=1S/C25H22N2O4/c1-4-7-19(23-16(3)22(28)14-15(2)31-23)17-10-12-18(13-11-17)27-21-9-6-5-8-20(21)24(29)26-25(27)30/h5-14H,4H2,1-3H3,(H,26,29,30)/b19-7-. The molecule has 4 aromatic rings. The maximum atomic E-state index is 12.6. The summed E-state index contributed by atoms with van der Waals surface area (Å²) in [6.07, 6.45) is 2.78. The number of para-hydroxylation sites is 1. The van der Waals surface area contributed by atoms with Gasteiger partial charge in [0.15, 0.2) is 5.43 Å². The molecule has 6 heteroatoms. The van der Waals surface area contributed by atoms with Crippen LogP contribution in [0.4, 0.5) is 0 Å². The van der Waals surface area contributed by atoms with E-state index in [1.165, 1.54) is 10.6 Å². The van der Waals surface area contributed by atoms with Gasteiger partial charge in [0.05, 0.1) is 16.6 Å². The Balaban J connectivity index is 1.87. The van der Waals surface area contributed by atoms with E-state index in [2.05, 4.69) is 4.98 Å². The highest BCUT2D eigenvalue weighted by atomic mass is 16.3. The molecule has 0 saturated heterocycles. The van der Waals surface area contributed by atoms with Gasteiger partial charge in [-0.3, -0.25) is 19.1 Å². The number of nitrogens with one attached hydrogen (secondary N) is 1. The van der Waals surface area contributed by atoms with Crippen LogP contribution in [-0.2, 0) is 0 Å². The van der Waals surface area contributed by atoms with Crippen molar-refractivity contribution in [2.45, 2.75) is 27.2 Å². The highest BCUT2D eigenvalue weighted by Crippen LogP contribution is 2.27. The van der Waals surface area contributed by atoms with Gasteiger partial charge in [-0.15, -0.1) is 0 Å². The lowest BCUT2D eigenvalue weighted by atomic mass is 9.98.